The quantitative estimate of drug-likeness (QED) is 0.746. The minimum absolute atomic E-state index is 0.0226. The topological polar surface area (TPSA) is 54.0 Å². The van der Waals surface area contributed by atoms with Crippen molar-refractivity contribution in [1.29, 1.82) is 0 Å². The first kappa shape index (κ1) is 19.9. The summed E-state index contributed by atoms with van der Waals surface area (Å²) in [5.41, 5.74) is 2.34. The zero-order chi connectivity index (χ0) is 19.8. The van der Waals surface area contributed by atoms with Gasteiger partial charge in [-0.15, -0.1) is 0 Å². The van der Waals surface area contributed by atoms with Crippen molar-refractivity contribution in [3.8, 4) is 11.5 Å². The smallest absolute Gasteiger partial charge is 0.317 e. The zero-order valence-electron chi connectivity index (χ0n) is 16.7. The largest absolute Gasteiger partial charge is 0.497 e. The van der Waals surface area contributed by atoms with E-state index in [9.17, 15) is 4.79 Å². The van der Waals surface area contributed by atoms with Crippen molar-refractivity contribution in [1.82, 2.24) is 10.2 Å². The van der Waals surface area contributed by atoms with Gasteiger partial charge in [0.25, 0.3) is 0 Å². The highest BCUT2D eigenvalue weighted by Gasteiger charge is 2.23. The number of aryl methyl sites for hydroxylation is 1. The summed E-state index contributed by atoms with van der Waals surface area (Å²) >= 11 is 0. The van der Waals surface area contributed by atoms with Gasteiger partial charge in [-0.2, -0.15) is 0 Å². The first-order chi connectivity index (χ1) is 13.7. The molecule has 0 bridgehead atoms. The standard InChI is InChI=1S/C22H29N3O3/c1-27-19-10-11-20(21(17-19)28-2)24-13-15-25(16-14-24)22(26)23-12-6-9-18-7-4-3-5-8-18/h3-5,7-8,10-11,17H,6,9,12-16H2,1-2H3,(H,23,26). The number of carbonyl (C=O) groups is 1. The number of nitrogens with one attached hydrogen (secondary N) is 1. The maximum absolute atomic E-state index is 12.4. The molecule has 0 spiro atoms. The number of amides is 2. The molecule has 150 valence electrons. The van der Waals surface area contributed by atoms with Crippen LogP contribution in [-0.2, 0) is 6.42 Å². The average molecular weight is 383 g/mol. The third-order valence-electron chi connectivity index (χ3n) is 5.06. The van der Waals surface area contributed by atoms with Crippen LogP contribution in [0.1, 0.15) is 12.0 Å². The normalized spacial score (nSPS) is 13.9. The van der Waals surface area contributed by atoms with E-state index in [0.29, 0.717) is 19.6 Å². The third kappa shape index (κ3) is 5.09. The maximum atomic E-state index is 12.4. The Bertz CT molecular complexity index is 759. The molecule has 0 unspecified atom stereocenters. The number of methoxy groups -OCH3 is 2. The zero-order valence-corrected chi connectivity index (χ0v) is 16.7. The SMILES string of the molecule is COc1ccc(N2CCN(C(=O)NCCCc3ccccc3)CC2)c(OC)c1. The van der Waals surface area contributed by atoms with Crippen molar-refractivity contribution in [2.75, 3.05) is 51.8 Å². The Hall–Kier alpha value is -2.89. The van der Waals surface area contributed by atoms with Crippen molar-refractivity contribution < 1.29 is 14.3 Å². The van der Waals surface area contributed by atoms with Gasteiger partial charge >= 0.3 is 6.03 Å². The summed E-state index contributed by atoms with van der Waals surface area (Å²) in [5, 5.41) is 3.04. The van der Waals surface area contributed by atoms with Gasteiger partial charge in [-0.3, -0.25) is 0 Å². The third-order valence-corrected chi connectivity index (χ3v) is 5.06. The fourth-order valence-corrected chi connectivity index (χ4v) is 3.44. The van der Waals surface area contributed by atoms with Crippen molar-refractivity contribution in [2.45, 2.75) is 12.8 Å². The van der Waals surface area contributed by atoms with Crippen LogP contribution in [0.15, 0.2) is 48.5 Å². The van der Waals surface area contributed by atoms with Crippen LogP contribution in [0.25, 0.3) is 0 Å². The van der Waals surface area contributed by atoms with Gasteiger partial charge in [-0.25, -0.2) is 4.79 Å². The Kier molecular flexibility index (Phi) is 7.00. The van der Waals surface area contributed by atoms with Crippen LogP contribution in [0, 0.1) is 0 Å². The lowest BCUT2D eigenvalue weighted by Gasteiger charge is -2.36. The van der Waals surface area contributed by atoms with E-state index < -0.39 is 0 Å². The summed E-state index contributed by atoms with van der Waals surface area (Å²) in [6.07, 6.45) is 1.92. The number of benzene rings is 2. The van der Waals surface area contributed by atoms with Gasteiger partial charge < -0.3 is 24.6 Å². The second-order valence-corrected chi connectivity index (χ2v) is 6.83. The van der Waals surface area contributed by atoms with Crippen LogP contribution >= 0.6 is 0 Å². The van der Waals surface area contributed by atoms with Gasteiger partial charge in [0.1, 0.15) is 11.5 Å². The minimum atomic E-state index is 0.0226. The Morgan fingerprint density at radius 2 is 1.75 bits per heavy atom. The predicted octanol–water partition coefficient (Wildman–Crippen LogP) is 3.17. The van der Waals surface area contributed by atoms with E-state index in [4.69, 9.17) is 9.47 Å². The summed E-state index contributed by atoms with van der Waals surface area (Å²) in [6.45, 7) is 3.64. The molecule has 1 aliphatic heterocycles. The highest BCUT2D eigenvalue weighted by Crippen LogP contribution is 2.32. The monoisotopic (exact) mass is 383 g/mol. The molecule has 0 aromatic heterocycles. The Morgan fingerprint density at radius 1 is 1.00 bits per heavy atom. The Labute approximate surface area is 167 Å². The second kappa shape index (κ2) is 9.88. The van der Waals surface area contributed by atoms with Crippen LogP contribution in [0.2, 0.25) is 0 Å². The number of hydrogen-bond acceptors (Lipinski definition) is 4. The van der Waals surface area contributed by atoms with Crippen LogP contribution in [-0.4, -0.2) is 57.9 Å². The molecule has 28 heavy (non-hydrogen) atoms. The lowest BCUT2D eigenvalue weighted by Crippen LogP contribution is -2.52. The number of ether oxygens (including phenoxy) is 2. The Balaban J connectivity index is 1.44. The summed E-state index contributed by atoms with van der Waals surface area (Å²) in [5.74, 6) is 1.56. The number of anilines is 1. The highest BCUT2D eigenvalue weighted by atomic mass is 16.5. The van der Waals surface area contributed by atoms with Crippen LogP contribution < -0.4 is 19.7 Å². The van der Waals surface area contributed by atoms with E-state index in [-0.39, 0.29) is 6.03 Å². The molecule has 6 heteroatoms. The van der Waals surface area contributed by atoms with Crippen LogP contribution in [0.5, 0.6) is 11.5 Å². The van der Waals surface area contributed by atoms with Gasteiger partial charge in [0, 0.05) is 38.8 Å². The number of rotatable bonds is 7. The molecule has 1 N–H and O–H groups in total. The molecular formula is C22H29N3O3. The van der Waals surface area contributed by atoms with Gasteiger partial charge in [0.05, 0.1) is 19.9 Å². The van der Waals surface area contributed by atoms with E-state index >= 15 is 0 Å². The lowest BCUT2D eigenvalue weighted by atomic mass is 10.1. The number of carbonyl (C=O) groups excluding carboxylic acids is 1. The molecule has 0 saturated carbocycles. The fraction of sp³-hybridized carbons (Fsp3) is 0.409. The summed E-state index contributed by atoms with van der Waals surface area (Å²) in [6, 6.07) is 16.2. The van der Waals surface area contributed by atoms with Gasteiger partial charge in [0.2, 0.25) is 0 Å². The summed E-state index contributed by atoms with van der Waals surface area (Å²) in [4.78, 5) is 16.5. The molecule has 1 saturated heterocycles. The average Bonchev–Trinajstić information content (AvgIpc) is 2.77. The first-order valence-electron chi connectivity index (χ1n) is 9.75. The molecule has 0 aliphatic carbocycles. The minimum Gasteiger partial charge on any atom is -0.497 e. The molecule has 0 atom stereocenters. The Morgan fingerprint density at radius 3 is 2.43 bits per heavy atom. The van der Waals surface area contributed by atoms with E-state index in [1.54, 1.807) is 14.2 Å². The highest BCUT2D eigenvalue weighted by molar-refractivity contribution is 5.74. The lowest BCUT2D eigenvalue weighted by molar-refractivity contribution is 0.194. The molecule has 1 heterocycles. The molecule has 2 aromatic carbocycles. The van der Waals surface area contributed by atoms with Crippen molar-refractivity contribution in [2.24, 2.45) is 0 Å². The fourth-order valence-electron chi connectivity index (χ4n) is 3.44. The first-order valence-corrected chi connectivity index (χ1v) is 9.75. The molecule has 3 rings (SSSR count). The maximum Gasteiger partial charge on any atom is 0.317 e. The number of nitrogens with zero attached hydrogens (tertiary/aromatic N) is 2. The number of urea groups is 1. The predicted molar refractivity (Wildman–Crippen MR) is 111 cm³/mol. The van der Waals surface area contributed by atoms with Gasteiger partial charge in [-0.1, -0.05) is 30.3 Å². The van der Waals surface area contributed by atoms with Crippen molar-refractivity contribution >= 4 is 11.7 Å². The number of piperazine rings is 1. The molecule has 0 radical (unpaired) electrons. The molecular weight excluding hydrogens is 354 g/mol. The van der Waals surface area contributed by atoms with E-state index in [2.05, 4.69) is 22.3 Å². The van der Waals surface area contributed by atoms with E-state index in [1.165, 1.54) is 5.56 Å². The summed E-state index contributed by atoms with van der Waals surface area (Å²) < 4.78 is 10.8. The molecule has 6 nitrogen and oxygen atoms in total. The van der Waals surface area contributed by atoms with Gasteiger partial charge in [0.15, 0.2) is 0 Å². The summed E-state index contributed by atoms with van der Waals surface area (Å²) in [7, 11) is 3.31. The van der Waals surface area contributed by atoms with Crippen molar-refractivity contribution in [3.05, 3.63) is 54.1 Å². The van der Waals surface area contributed by atoms with Crippen molar-refractivity contribution in [3.63, 3.8) is 0 Å². The molecule has 2 amide bonds. The molecule has 1 aliphatic rings. The molecule has 2 aromatic rings. The van der Waals surface area contributed by atoms with E-state index in [0.717, 1.165) is 43.1 Å². The number of hydrogen-bond donors (Lipinski definition) is 1. The van der Waals surface area contributed by atoms with Crippen LogP contribution in [0.3, 0.4) is 0 Å². The molecule has 1 fully saturated rings. The second-order valence-electron chi connectivity index (χ2n) is 6.83. The van der Waals surface area contributed by atoms with E-state index in [1.807, 2.05) is 41.3 Å². The van der Waals surface area contributed by atoms with Crippen LogP contribution in [0.4, 0.5) is 10.5 Å². The van der Waals surface area contributed by atoms with Gasteiger partial charge in [-0.05, 0) is 30.5 Å².